The van der Waals surface area contributed by atoms with Crippen LogP contribution >= 0.6 is 15.9 Å². The molecule has 2 aromatic heterocycles. The molecule has 2 rings (SSSR count). The Labute approximate surface area is 88.1 Å². The van der Waals surface area contributed by atoms with E-state index >= 15 is 0 Å². The number of rotatable bonds is 1. The van der Waals surface area contributed by atoms with E-state index in [9.17, 15) is 0 Å². The van der Waals surface area contributed by atoms with Crippen molar-refractivity contribution in [1.82, 2.24) is 19.7 Å². The van der Waals surface area contributed by atoms with Crippen LogP contribution in [0, 0.1) is 0 Å². The van der Waals surface area contributed by atoms with E-state index in [2.05, 4.69) is 31.0 Å². The molecule has 2 heterocycles. The van der Waals surface area contributed by atoms with Crippen molar-refractivity contribution in [2.24, 2.45) is 0 Å². The van der Waals surface area contributed by atoms with E-state index in [1.54, 1.807) is 17.1 Å². The fourth-order valence-corrected chi connectivity index (χ4v) is 1.30. The molecule has 0 radical (unpaired) electrons. The molecule has 0 aliphatic heterocycles. The van der Waals surface area contributed by atoms with Gasteiger partial charge in [0, 0.05) is 6.20 Å². The molecule has 6 nitrogen and oxygen atoms in total. The number of nitrogen functional groups attached to an aromatic ring is 2. The Morgan fingerprint density at radius 1 is 1.29 bits per heavy atom. The second kappa shape index (κ2) is 3.26. The standard InChI is InChI=1S/C7H7BrN6/c8-4-1-12-14(3-4)5-2-11-7(10)13-6(5)9/h1-3H,(H4,9,10,11,13). The highest BCUT2D eigenvalue weighted by Gasteiger charge is 2.05. The van der Waals surface area contributed by atoms with Crippen LogP contribution < -0.4 is 11.5 Å². The van der Waals surface area contributed by atoms with Gasteiger partial charge in [0.2, 0.25) is 5.95 Å². The van der Waals surface area contributed by atoms with Gasteiger partial charge in [0.05, 0.1) is 16.9 Å². The van der Waals surface area contributed by atoms with Gasteiger partial charge in [-0.25, -0.2) is 9.67 Å². The third kappa shape index (κ3) is 1.53. The van der Waals surface area contributed by atoms with Gasteiger partial charge in [-0.1, -0.05) is 0 Å². The van der Waals surface area contributed by atoms with Crippen LogP contribution in [0.25, 0.3) is 5.69 Å². The first kappa shape index (κ1) is 8.95. The Hall–Kier alpha value is -1.63. The second-order valence-electron chi connectivity index (χ2n) is 2.60. The van der Waals surface area contributed by atoms with Gasteiger partial charge in [0.25, 0.3) is 0 Å². The van der Waals surface area contributed by atoms with E-state index in [1.165, 1.54) is 6.20 Å². The van der Waals surface area contributed by atoms with Crippen LogP contribution in [0.1, 0.15) is 0 Å². The minimum atomic E-state index is 0.150. The second-order valence-corrected chi connectivity index (χ2v) is 3.52. The molecule has 0 bridgehead atoms. The number of halogens is 1. The molecular weight excluding hydrogens is 248 g/mol. The molecule has 0 saturated carbocycles. The third-order valence-electron chi connectivity index (χ3n) is 1.61. The average molecular weight is 255 g/mol. The topological polar surface area (TPSA) is 95.6 Å². The Kier molecular flexibility index (Phi) is 2.08. The van der Waals surface area contributed by atoms with E-state index < -0.39 is 0 Å². The lowest BCUT2D eigenvalue weighted by atomic mass is 10.5. The summed E-state index contributed by atoms with van der Waals surface area (Å²) in [5, 5.41) is 4.05. The summed E-state index contributed by atoms with van der Waals surface area (Å²) in [5.41, 5.74) is 11.6. The molecule has 0 aliphatic rings. The molecule has 0 aromatic carbocycles. The Balaban J connectivity index is 2.52. The monoisotopic (exact) mass is 254 g/mol. The maximum Gasteiger partial charge on any atom is 0.222 e. The highest BCUT2D eigenvalue weighted by atomic mass is 79.9. The van der Waals surface area contributed by atoms with E-state index in [4.69, 9.17) is 11.5 Å². The number of hydrogen-bond acceptors (Lipinski definition) is 5. The molecule has 0 saturated heterocycles. The summed E-state index contributed by atoms with van der Waals surface area (Å²) in [6, 6.07) is 0. The summed E-state index contributed by atoms with van der Waals surface area (Å²) in [7, 11) is 0. The Morgan fingerprint density at radius 3 is 2.64 bits per heavy atom. The zero-order valence-corrected chi connectivity index (χ0v) is 8.64. The number of anilines is 2. The normalized spacial score (nSPS) is 10.4. The Morgan fingerprint density at radius 2 is 2.07 bits per heavy atom. The minimum absolute atomic E-state index is 0.150. The third-order valence-corrected chi connectivity index (χ3v) is 2.02. The molecule has 0 amide bonds. The van der Waals surface area contributed by atoms with E-state index in [0.717, 1.165) is 4.47 Å². The van der Waals surface area contributed by atoms with Crippen LogP contribution in [0.5, 0.6) is 0 Å². The zero-order valence-electron chi connectivity index (χ0n) is 7.05. The van der Waals surface area contributed by atoms with Crippen LogP contribution in [0.3, 0.4) is 0 Å². The van der Waals surface area contributed by atoms with Gasteiger partial charge in [0.15, 0.2) is 5.82 Å². The van der Waals surface area contributed by atoms with E-state index in [0.29, 0.717) is 11.5 Å². The summed E-state index contributed by atoms with van der Waals surface area (Å²) in [6.45, 7) is 0. The summed E-state index contributed by atoms with van der Waals surface area (Å²) < 4.78 is 2.42. The van der Waals surface area contributed by atoms with Crippen molar-refractivity contribution in [3.8, 4) is 5.69 Å². The van der Waals surface area contributed by atoms with Gasteiger partial charge < -0.3 is 11.5 Å². The van der Waals surface area contributed by atoms with E-state index in [-0.39, 0.29) is 5.95 Å². The summed E-state index contributed by atoms with van der Waals surface area (Å²) in [4.78, 5) is 7.66. The fraction of sp³-hybridized carbons (Fsp3) is 0. The quantitative estimate of drug-likeness (QED) is 0.777. The number of hydrogen-bond donors (Lipinski definition) is 2. The zero-order chi connectivity index (χ0) is 10.1. The highest BCUT2D eigenvalue weighted by Crippen LogP contribution is 2.16. The van der Waals surface area contributed by atoms with Crippen molar-refractivity contribution >= 4 is 27.7 Å². The molecule has 72 valence electrons. The van der Waals surface area contributed by atoms with Crippen molar-refractivity contribution in [3.05, 3.63) is 23.1 Å². The average Bonchev–Trinajstić information content (AvgIpc) is 2.51. The lowest BCUT2D eigenvalue weighted by Gasteiger charge is -2.03. The van der Waals surface area contributed by atoms with Crippen LogP contribution in [-0.4, -0.2) is 19.7 Å². The lowest BCUT2D eigenvalue weighted by Crippen LogP contribution is -2.06. The smallest absolute Gasteiger partial charge is 0.222 e. The van der Waals surface area contributed by atoms with Gasteiger partial charge in [-0.2, -0.15) is 10.1 Å². The summed E-state index contributed by atoms with van der Waals surface area (Å²) >= 11 is 3.28. The fourth-order valence-electron chi connectivity index (χ4n) is 1.01. The number of aromatic nitrogens is 4. The van der Waals surface area contributed by atoms with Crippen LogP contribution in [0.15, 0.2) is 23.1 Å². The highest BCUT2D eigenvalue weighted by molar-refractivity contribution is 9.10. The van der Waals surface area contributed by atoms with Gasteiger partial charge in [-0.15, -0.1) is 0 Å². The van der Waals surface area contributed by atoms with Crippen molar-refractivity contribution in [2.75, 3.05) is 11.5 Å². The Bertz CT molecular complexity index is 465. The van der Waals surface area contributed by atoms with Crippen molar-refractivity contribution in [3.63, 3.8) is 0 Å². The first-order chi connectivity index (χ1) is 6.66. The molecule has 14 heavy (non-hydrogen) atoms. The maximum absolute atomic E-state index is 5.66. The molecule has 4 N–H and O–H groups in total. The SMILES string of the molecule is Nc1ncc(-n2cc(Br)cn2)c(N)n1. The van der Waals surface area contributed by atoms with Crippen molar-refractivity contribution < 1.29 is 0 Å². The molecule has 7 heteroatoms. The summed E-state index contributed by atoms with van der Waals surface area (Å²) in [6.07, 6.45) is 4.93. The molecule has 0 aliphatic carbocycles. The molecule has 0 fully saturated rings. The van der Waals surface area contributed by atoms with Crippen LogP contribution in [-0.2, 0) is 0 Å². The number of nitrogens with two attached hydrogens (primary N) is 2. The lowest BCUT2D eigenvalue weighted by molar-refractivity contribution is 0.869. The van der Waals surface area contributed by atoms with Crippen LogP contribution in [0.2, 0.25) is 0 Å². The molecule has 0 unspecified atom stereocenters. The van der Waals surface area contributed by atoms with Gasteiger partial charge in [0.1, 0.15) is 5.69 Å². The summed E-state index contributed by atoms with van der Waals surface area (Å²) in [5.74, 6) is 0.450. The predicted molar refractivity (Wildman–Crippen MR) is 55.7 cm³/mol. The van der Waals surface area contributed by atoms with Crippen molar-refractivity contribution in [1.29, 1.82) is 0 Å². The molecule has 2 aromatic rings. The first-order valence-corrected chi connectivity index (χ1v) is 4.54. The van der Waals surface area contributed by atoms with Gasteiger partial charge in [-0.3, -0.25) is 0 Å². The molecule has 0 atom stereocenters. The van der Waals surface area contributed by atoms with Crippen LogP contribution in [0.4, 0.5) is 11.8 Å². The predicted octanol–water partition coefficient (Wildman–Crippen LogP) is 0.589. The largest absolute Gasteiger partial charge is 0.382 e. The van der Waals surface area contributed by atoms with Crippen molar-refractivity contribution in [2.45, 2.75) is 0 Å². The van der Waals surface area contributed by atoms with Gasteiger partial charge >= 0.3 is 0 Å². The minimum Gasteiger partial charge on any atom is -0.382 e. The van der Waals surface area contributed by atoms with Gasteiger partial charge in [-0.05, 0) is 15.9 Å². The molecular formula is C7H7BrN6. The number of nitrogens with zero attached hydrogens (tertiary/aromatic N) is 4. The maximum atomic E-state index is 5.66. The first-order valence-electron chi connectivity index (χ1n) is 3.75. The molecule has 0 spiro atoms. The van der Waals surface area contributed by atoms with E-state index in [1.807, 2.05) is 0 Å².